The second kappa shape index (κ2) is 7.21. The van der Waals surface area contributed by atoms with Gasteiger partial charge in [-0.3, -0.25) is 10.2 Å². The average molecular weight is 301 g/mol. The molecule has 3 N–H and O–H groups in total. The lowest BCUT2D eigenvalue weighted by atomic mass is 10.1. The summed E-state index contributed by atoms with van der Waals surface area (Å²) in [4.78, 5) is 23.5. The molecule has 0 bridgehead atoms. The maximum atomic E-state index is 12.8. The van der Waals surface area contributed by atoms with E-state index in [4.69, 9.17) is 0 Å². The van der Waals surface area contributed by atoms with Crippen molar-refractivity contribution in [2.24, 2.45) is 0 Å². The summed E-state index contributed by atoms with van der Waals surface area (Å²) in [5.41, 5.74) is 5.70. The van der Waals surface area contributed by atoms with Crippen LogP contribution in [0.4, 0.5) is 9.18 Å². The van der Waals surface area contributed by atoms with Crippen LogP contribution in [0.1, 0.15) is 28.9 Å². The van der Waals surface area contributed by atoms with Gasteiger partial charge in [-0.25, -0.2) is 14.6 Å². The molecule has 114 valence electrons. The van der Waals surface area contributed by atoms with E-state index in [-0.39, 0.29) is 11.6 Å². The molecule has 0 radical (unpaired) electrons. The third-order valence-corrected chi connectivity index (χ3v) is 3.04. The van der Waals surface area contributed by atoms with Gasteiger partial charge in [0.2, 0.25) is 0 Å². The van der Waals surface area contributed by atoms with Crippen molar-refractivity contribution in [1.29, 1.82) is 0 Å². The molecule has 0 saturated heterocycles. The Balaban J connectivity index is 1.82. The van der Waals surface area contributed by atoms with Gasteiger partial charge in [-0.2, -0.15) is 0 Å². The molecule has 0 saturated carbocycles. The highest BCUT2D eigenvalue weighted by Gasteiger charge is 2.10. The van der Waals surface area contributed by atoms with Gasteiger partial charge in [0.1, 0.15) is 5.82 Å². The van der Waals surface area contributed by atoms with E-state index >= 15 is 0 Å². The van der Waals surface area contributed by atoms with Crippen LogP contribution < -0.4 is 16.2 Å². The number of amides is 3. The Kier molecular flexibility index (Phi) is 5.08. The molecular weight excluding hydrogens is 285 g/mol. The first-order valence-corrected chi connectivity index (χ1v) is 6.73. The third-order valence-electron chi connectivity index (χ3n) is 3.04. The summed E-state index contributed by atoms with van der Waals surface area (Å²) in [5.74, 6) is -0.957. The lowest BCUT2D eigenvalue weighted by Gasteiger charge is -2.15. The van der Waals surface area contributed by atoms with E-state index in [9.17, 15) is 14.0 Å². The fraction of sp³-hybridized carbons (Fsp3) is 0.125. The van der Waals surface area contributed by atoms with Crippen LogP contribution in [-0.4, -0.2) is 11.9 Å². The molecule has 0 fully saturated rings. The number of carbonyl (C=O) groups excluding carboxylic acids is 2. The van der Waals surface area contributed by atoms with Crippen LogP contribution in [0.5, 0.6) is 0 Å². The fourth-order valence-electron chi connectivity index (χ4n) is 1.84. The van der Waals surface area contributed by atoms with Crippen LogP contribution in [0.3, 0.4) is 0 Å². The van der Waals surface area contributed by atoms with E-state index in [0.717, 1.165) is 5.56 Å². The smallest absolute Gasteiger partial charge is 0.330 e. The molecule has 3 amide bonds. The van der Waals surface area contributed by atoms with Gasteiger partial charge in [0.05, 0.1) is 6.04 Å². The highest BCUT2D eigenvalue weighted by Crippen LogP contribution is 2.10. The molecule has 2 aromatic rings. The van der Waals surface area contributed by atoms with Gasteiger partial charge in [0, 0.05) is 5.56 Å². The Bertz CT molecular complexity index is 644. The van der Waals surface area contributed by atoms with Crippen molar-refractivity contribution in [1.82, 2.24) is 16.2 Å². The molecule has 22 heavy (non-hydrogen) atoms. The molecular formula is C16H16FN3O2. The van der Waals surface area contributed by atoms with E-state index in [0.29, 0.717) is 0 Å². The van der Waals surface area contributed by atoms with E-state index in [1.54, 1.807) is 0 Å². The topological polar surface area (TPSA) is 70.2 Å². The van der Waals surface area contributed by atoms with Gasteiger partial charge < -0.3 is 5.32 Å². The molecule has 2 aromatic carbocycles. The van der Waals surface area contributed by atoms with Crippen molar-refractivity contribution >= 4 is 11.9 Å². The van der Waals surface area contributed by atoms with Crippen molar-refractivity contribution < 1.29 is 14.0 Å². The highest BCUT2D eigenvalue weighted by molar-refractivity contribution is 5.95. The zero-order valence-corrected chi connectivity index (χ0v) is 12.0. The summed E-state index contributed by atoms with van der Waals surface area (Å²) in [6, 6.07) is 13.7. The summed E-state index contributed by atoms with van der Waals surface area (Å²) in [5, 5.41) is 2.69. The lowest BCUT2D eigenvalue weighted by molar-refractivity contribution is 0.0936. The predicted molar refractivity (Wildman–Crippen MR) is 80.4 cm³/mol. The quantitative estimate of drug-likeness (QED) is 0.762. The monoisotopic (exact) mass is 301 g/mol. The van der Waals surface area contributed by atoms with Crippen molar-refractivity contribution in [3.05, 3.63) is 71.5 Å². The summed E-state index contributed by atoms with van der Waals surface area (Å²) in [6.07, 6.45) is 0. The van der Waals surface area contributed by atoms with Crippen LogP contribution in [-0.2, 0) is 0 Å². The minimum Gasteiger partial charge on any atom is -0.330 e. The maximum absolute atomic E-state index is 12.8. The Labute approximate surface area is 127 Å². The van der Waals surface area contributed by atoms with Crippen LogP contribution in [0.25, 0.3) is 0 Å². The minimum atomic E-state index is -0.535. The molecule has 6 heteroatoms. The van der Waals surface area contributed by atoms with Gasteiger partial charge in [-0.05, 0) is 36.8 Å². The Hall–Kier alpha value is -2.89. The van der Waals surface area contributed by atoms with Crippen molar-refractivity contribution in [3.63, 3.8) is 0 Å². The zero-order valence-electron chi connectivity index (χ0n) is 12.0. The molecule has 0 aliphatic carbocycles. The molecule has 5 nitrogen and oxygen atoms in total. The number of benzene rings is 2. The predicted octanol–water partition coefficient (Wildman–Crippen LogP) is 2.53. The number of nitrogens with one attached hydrogen (secondary N) is 3. The summed E-state index contributed by atoms with van der Waals surface area (Å²) >= 11 is 0. The molecule has 2 rings (SSSR count). The van der Waals surface area contributed by atoms with Gasteiger partial charge in [-0.1, -0.05) is 30.3 Å². The molecule has 0 heterocycles. The third kappa shape index (κ3) is 4.31. The maximum Gasteiger partial charge on any atom is 0.333 e. The Morgan fingerprint density at radius 1 is 0.955 bits per heavy atom. The van der Waals surface area contributed by atoms with Gasteiger partial charge in [0.25, 0.3) is 5.91 Å². The van der Waals surface area contributed by atoms with Gasteiger partial charge in [-0.15, -0.1) is 0 Å². The summed E-state index contributed by atoms with van der Waals surface area (Å²) in [6.45, 7) is 1.83. The van der Waals surface area contributed by atoms with Crippen LogP contribution in [0.15, 0.2) is 54.6 Å². The molecule has 0 aliphatic heterocycles. The van der Waals surface area contributed by atoms with Crippen molar-refractivity contribution in [2.75, 3.05) is 0 Å². The van der Waals surface area contributed by atoms with Crippen molar-refractivity contribution in [3.8, 4) is 0 Å². The average Bonchev–Trinajstić information content (AvgIpc) is 2.54. The standard InChI is InChI=1S/C16H16FN3O2/c1-11(12-5-3-2-4-6-12)18-16(22)20-19-15(21)13-7-9-14(17)10-8-13/h2-11H,1H3,(H,19,21)(H2,18,20,22). The first-order valence-electron chi connectivity index (χ1n) is 6.73. The van der Waals surface area contributed by atoms with Crippen LogP contribution in [0, 0.1) is 5.82 Å². The number of carbonyl (C=O) groups is 2. The largest absolute Gasteiger partial charge is 0.333 e. The van der Waals surface area contributed by atoms with E-state index in [2.05, 4.69) is 16.2 Å². The number of urea groups is 1. The summed E-state index contributed by atoms with van der Waals surface area (Å²) < 4.78 is 12.8. The summed E-state index contributed by atoms with van der Waals surface area (Å²) in [7, 11) is 0. The molecule has 0 aliphatic rings. The number of hydrazine groups is 1. The molecule has 0 aromatic heterocycles. The zero-order chi connectivity index (χ0) is 15.9. The number of hydrogen-bond donors (Lipinski definition) is 3. The number of rotatable bonds is 3. The molecule has 0 spiro atoms. The van der Waals surface area contributed by atoms with E-state index < -0.39 is 17.8 Å². The molecule has 1 atom stereocenters. The Morgan fingerprint density at radius 3 is 2.23 bits per heavy atom. The fourth-order valence-corrected chi connectivity index (χ4v) is 1.84. The van der Waals surface area contributed by atoms with Crippen LogP contribution in [0.2, 0.25) is 0 Å². The normalized spacial score (nSPS) is 11.4. The first-order chi connectivity index (χ1) is 10.6. The SMILES string of the molecule is CC(NC(=O)NNC(=O)c1ccc(F)cc1)c1ccccc1. The van der Waals surface area contributed by atoms with E-state index in [1.807, 2.05) is 37.3 Å². The second-order valence-corrected chi connectivity index (χ2v) is 4.69. The minimum absolute atomic E-state index is 0.205. The molecule has 1 unspecified atom stereocenters. The first kappa shape index (κ1) is 15.5. The second-order valence-electron chi connectivity index (χ2n) is 4.69. The van der Waals surface area contributed by atoms with Gasteiger partial charge >= 0.3 is 6.03 Å². The number of halogens is 1. The Morgan fingerprint density at radius 2 is 1.59 bits per heavy atom. The van der Waals surface area contributed by atoms with E-state index in [1.165, 1.54) is 24.3 Å². The van der Waals surface area contributed by atoms with Crippen molar-refractivity contribution in [2.45, 2.75) is 13.0 Å². The lowest BCUT2D eigenvalue weighted by Crippen LogP contribution is -2.47. The number of hydrogen-bond acceptors (Lipinski definition) is 2. The van der Waals surface area contributed by atoms with Crippen LogP contribution >= 0.6 is 0 Å². The van der Waals surface area contributed by atoms with Gasteiger partial charge in [0.15, 0.2) is 0 Å². The highest BCUT2D eigenvalue weighted by atomic mass is 19.1.